The molecule has 0 aromatic heterocycles. The van der Waals surface area contributed by atoms with Gasteiger partial charge in [0.05, 0.1) is 0 Å². The summed E-state index contributed by atoms with van der Waals surface area (Å²) in [6.07, 6.45) is 0. The van der Waals surface area contributed by atoms with Gasteiger partial charge in [-0.1, -0.05) is 41.9 Å². The molecule has 0 atom stereocenters. The van der Waals surface area contributed by atoms with Crippen LogP contribution in [0.25, 0.3) is 0 Å². The Morgan fingerprint density at radius 1 is 1.00 bits per heavy atom. The molecule has 2 heteroatoms. The van der Waals surface area contributed by atoms with Gasteiger partial charge in [0.1, 0.15) is 0 Å². The van der Waals surface area contributed by atoms with Crippen LogP contribution in [0.15, 0.2) is 42.5 Å². The first kappa shape index (κ1) is 12.0. The molecule has 2 aromatic rings. The monoisotopic (exact) mass is 245 g/mol. The summed E-state index contributed by atoms with van der Waals surface area (Å²) < 4.78 is 0. The van der Waals surface area contributed by atoms with Crippen LogP contribution >= 0.6 is 11.6 Å². The standard InChI is InChI=1S/C15H16ClN/c1-11-5-3-4-6-13(11)10-17-14-8-7-12(2)15(16)9-14/h3-9,17H,10H2,1-2H3. The third-order valence-electron chi connectivity index (χ3n) is 2.92. The Kier molecular flexibility index (Phi) is 3.70. The molecule has 0 saturated carbocycles. The summed E-state index contributed by atoms with van der Waals surface area (Å²) in [6, 6.07) is 14.4. The van der Waals surface area contributed by atoms with Gasteiger partial charge in [-0.05, 0) is 42.7 Å². The number of halogens is 1. The maximum absolute atomic E-state index is 6.09. The maximum Gasteiger partial charge on any atom is 0.0455 e. The second-order valence-corrected chi connectivity index (χ2v) is 4.65. The summed E-state index contributed by atoms with van der Waals surface area (Å²) in [5.74, 6) is 0. The normalized spacial score (nSPS) is 10.3. The van der Waals surface area contributed by atoms with E-state index in [9.17, 15) is 0 Å². The fourth-order valence-electron chi connectivity index (χ4n) is 1.71. The molecule has 88 valence electrons. The first-order valence-electron chi connectivity index (χ1n) is 5.71. The van der Waals surface area contributed by atoms with Crippen LogP contribution in [-0.2, 0) is 6.54 Å². The van der Waals surface area contributed by atoms with Crippen molar-refractivity contribution in [3.05, 3.63) is 64.2 Å². The van der Waals surface area contributed by atoms with Crippen LogP contribution in [-0.4, -0.2) is 0 Å². The molecule has 0 aliphatic rings. The van der Waals surface area contributed by atoms with Gasteiger partial charge in [-0.2, -0.15) is 0 Å². The SMILES string of the molecule is Cc1ccc(NCc2ccccc2C)cc1Cl. The average molecular weight is 246 g/mol. The van der Waals surface area contributed by atoms with Gasteiger partial charge in [0.2, 0.25) is 0 Å². The third kappa shape index (κ3) is 3.01. The van der Waals surface area contributed by atoms with Crippen molar-refractivity contribution in [2.24, 2.45) is 0 Å². The van der Waals surface area contributed by atoms with Gasteiger partial charge in [0.25, 0.3) is 0 Å². The Balaban J connectivity index is 2.08. The summed E-state index contributed by atoms with van der Waals surface area (Å²) in [7, 11) is 0. The van der Waals surface area contributed by atoms with Crippen molar-refractivity contribution in [3.63, 3.8) is 0 Å². The van der Waals surface area contributed by atoms with E-state index >= 15 is 0 Å². The summed E-state index contributed by atoms with van der Waals surface area (Å²) >= 11 is 6.09. The highest BCUT2D eigenvalue weighted by atomic mass is 35.5. The molecule has 0 amide bonds. The quantitative estimate of drug-likeness (QED) is 0.835. The third-order valence-corrected chi connectivity index (χ3v) is 3.32. The molecule has 1 nitrogen and oxygen atoms in total. The van der Waals surface area contributed by atoms with Gasteiger partial charge in [-0.3, -0.25) is 0 Å². The first-order valence-corrected chi connectivity index (χ1v) is 6.09. The predicted molar refractivity (Wildman–Crippen MR) is 74.7 cm³/mol. The second kappa shape index (κ2) is 5.24. The molecule has 0 unspecified atom stereocenters. The minimum Gasteiger partial charge on any atom is -0.381 e. The van der Waals surface area contributed by atoms with Gasteiger partial charge >= 0.3 is 0 Å². The van der Waals surface area contributed by atoms with Crippen molar-refractivity contribution in [2.45, 2.75) is 20.4 Å². The van der Waals surface area contributed by atoms with Crippen molar-refractivity contribution in [2.75, 3.05) is 5.32 Å². The summed E-state index contributed by atoms with van der Waals surface area (Å²) in [5, 5.41) is 4.19. The molecule has 0 bridgehead atoms. The Hall–Kier alpha value is -1.47. The minimum absolute atomic E-state index is 0.805. The zero-order valence-electron chi connectivity index (χ0n) is 10.1. The van der Waals surface area contributed by atoms with Crippen molar-refractivity contribution in [1.82, 2.24) is 0 Å². The highest BCUT2D eigenvalue weighted by molar-refractivity contribution is 6.31. The average Bonchev–Trinajstić information content (AvgIpc) is 2.32. The number of anilines is 1. The van der Waals surface area contributed by atoms with Gasteiger partial charge in [0, 0.05) is 17.3 Å². The molecular weight excluding hydrogens is 230 g/mol. The van der Waals surface area contributed by atoms with Gasteiger partial charge in [-0.25, -0.2) is 0 Å². The Morgan fingerprint density at radius 3 is 2.47 bits per heavy atom. The van der Waals surface area contributed by atoms with E-state index in [0.717, 1.165) is 22.8 Å². The van der Waals surface area contributed by atoms with Crippen LogP contribution in [0.4, 0.5) is 5.69 Å². The molecule has 1 N–H and O–H groups in total. The smallest absolute Gasteiger partial charge is 0.0455 e. The van der Waals surface area contributed by atoms with Gasteiger partial charge in [-0.15, -0.1) is 0 Å². The van der Waals surface area contributed by atoms with Gasteiger partial charge < -0.3 is 5.32 Å². The highest BCUT2D eigenvalue weighted by Gasteiger charge is 1.99. The molecule has 2 rings (SSSR count). The molecule has 0 aliphatic heterocycles. The van der Waals surface area contributed by atoms with E-state index < -0.39 is 0 Å². The number of hydrogen-bond acceptors (Lipinski definition) is 1. The highest BCUT2D eigenvalue weighted by Crippen LogP contribution is 2.20. The van der Waals surface area contributed by atoms with Crippen molar-refractivity contribution in [1.29, 1.82) is 0 Å². The second-order valence-electron chi connectivity index (χ2n) is 4.24. The van der Waals surface area contributed by atoms with E-state index in [1.54, 1.807) is 0 Å². The van der Waals surface area contributed by atoms with Crippen LogP contribution in [0, 0.1) is 13.8 Å². The lowest BCUT2D eigenvalue weighted by Gasteiger charge is -2.10. The van der Waals surface area contributed by atoms with E-state index in [1.165, 1.54) is 11.1 Å². The molecule has 0 heterocycles. The fraction of sp³-hybridized carbons (Fsp3) is 0.200. The number of benzene rings is 2. The lowest BCUT2D eigenvalue weighted by Crippen LogP contribution is -2.01. The lowest BCUT2D eigenvalue weighted by molar-refractivity contribution is 1.12. The Bertz CT molecular complexity index is 520. The van der Waals surface area contributed by atoms with Crippen LogP contribution in [0.2, 0.25) is 5.02 Å². The summed E-state index contributed by atoms with van der Waals surface area (Å²) in [6.45, 7) is 4.96. The number of aryl methyl sites for hydroxylation is 2. The van der Waals surface area contributed by atoms with Crippen molar-refractivity contribution >= 4 is 17.3 Å². The molecule has 0 saturated heterocycles. The Morgan fingerprint density at radius 2 is 1.76 bits per heavy atom. The molecule has 0 fully saturated rings. The lowest BCUT2D eigenvalue weighted by atomic mass is 10.1. The van der Waals surface area contributed by atoms with E-state index in [0.29, 0.717) is 0 Å². The van der Waals surface area contributed by atoms with E-state index in [1.807, 2.05) is 19.1 Å². The van der Waals surface area contributed by atoms with E-state index in [-0.39, 0.29) is 0 Å². The zero-order chi connectivity index (χ0) is 12.3. The largest absolute Gasteiger partial charge is 0.381 e. The van der Waals surface area contributed by atoms with Crippen LogP contribution < -0.4 is 5.32 Å². The van der Waals surface area contributed by atoms with Gasteiger partial charge in [0.15, 0.2) is 0 Å². The number of rotatable bonds is 3. The van der Waals surface area contributed by atoms with E-state index in [4.69, 9.17) is 11.6 Å². The van der Waals surface area contributed by atoms with E-state index in [2.05, 4.69) is 42.6 Å². The molecule has 0 aliphatic carbocycles. The molecule has 2 aromatic carbocycles. The topological polar surface area (TPSA) is 12.0 Å². The molecule has 0 radical (unpaired) electrons. The molecule has 17 heavy (non-hydrogen) atoms. The van der Waals surface area contributed by atoms with Crippen molar-refractivity contribution < 1.29 is 0 Å². The molecule has 0 spiro atoms. The summed E-state index contributed by atoms with van der Waals surface area (Å²) in [4.78, 5) is 0. The van der Waals surface area contributed by atoms with Crippen LogP contribution in [0.5, 0.6) is 0 Å². The Labute approximate surface area is 107 Å². The van der Waals surface area contributed by atoms with Crippen LogP contribution in [0.3, 0.4) is 0 Å². The zero-order valence-corrected chi connectivity index (χ0v) is 10.9. The van der Waals surface area contributed by atoms with Crippen LogP contribution in [0.1, 0.15) is 16.7 Å². The predicted octanol–water partition coefficient (Wildman–Crippen LogP) is 4.57. The minimum atomic E-state index is 0.805. The fourth-order valence-corrected chi connectivity index (χ4v) is 1.89. The first-order chi connectivity index (χ1) is 8.16. The number of hydrogen-bond donors (Lipinski definition) is 1. The number of nitrogens with one attached hydrogen (secondary N) is 1. The molecular formula is C15H16ClN. The van der Waals surface area contributed by atoms with Crippen molar-refractivity contribution in [3.8, 4) is 0 Å². The maximum atomic E-state index is 6.09. The summed E-state index contributed by atoms with van der Waals surface area (Å²) in [5.41, 5.74) is 4.78.